The molecule has 58 heavy (non-hydrogen) atoms. The van der Waals surface area contributed by atoms with E-state index in [1.54, 1.807) is 0 Å². The minimum absolute atomic E-state index is 0.0304. The summed E-state index contributed by atoms with van der Waals surface area (Å²) < 4.78 is 6.01. The van der Waals surface area contributed by atoms with Crippen molar-refractivity contribution in [3.63, 3.8) is 0 Å². The molecule has 2 aliphatic rings. The molecule has 0 aliphatic heterocycles. The Morgan fingerprint density at radius 3 is 1.64 bits per heavy atom. The third-order valence-electron chi connectivity index (χ3n) is 11.7. The van der Waals surface area contributed by atoms with Gasteiger partial charge in [-0.15, -0.1) is 0 Å². The summed E-state index contributed by atoms with van der Waals surface area (Å²) in [5, 5.41) is 0. The second-order valence-corrected chi connectivity index (χ2v) is 18.6. The van der Waals surface area contributed by atoms with E-state index in [0.29, 0.717) is 6.42 Å². The van der Waals surface area contributed by atoms with Crippen molar-refractivity contribution in [2.24, 2.45) is 10.8 Å². The van der Waals surface area contributed by atoms with Crippen LogP contribution in [0, 0.1) is 10.8 Å². The molecule has 0 amide bonds. The molecule has 0 heterocycles. The van der Waals surface area contributed by atoms with E-state index >= 15 is 0 Å². The van der Waals surface area contributed by atoms with Gasteiger partial charge in [0.1, 0.15) is 6.10 Å². The van der Waals surface area contributed by atoms with Gasteiger partial charge >= 0.3 is 5.97 Å². The van der Waals surface area contributed by atoms with E-state index in [2.05, 4.69) is 173 Å². The first-order valence-electron chi connectivity index (χ1n) is 23.0. The van der Waals surface area contributed by atoms with Crippen LogP contribution in [0.1, 0.15) is 185 Å². The predicted molar refractivity (Wildman–Crippen MR) is 257 cm³/mol. The molecule has 0 spiro atoms. The van der Waals surface area contributed by atoms with Crippen LogP contribution < -0.4 is 0 Å². The molecule has 1 atom stereocenters. The van der Waals surface area contributed by atoms with Crippen LogP contribution in [0.5, 0.6) is 0 Å². The van der Waals surface area contributed by atoms with Crippen molar-refractivity contribution in [3.8, 4) is 0 Å². The highest BCUT2D eigenvalue weighted by Crippen LogP contribution is 2.43. The lowest BCUT2D eigenvalue weighted by Gasteiger charge is -2.37. The average molecular weight is 789 g/mol. The number of rotatable bonds is 24. The number of carbonyl (C=O) groups excluding carboxylic acids is 1. The van der Waals surface area contributed by atoms with Gasteiger partial charge in [0.05, 0.1) is 0 Å². The van der Waals surface area contributed by atoms with Crippen LogP contribution in [0.4, 0.5) is 0 Å². The van der Waals surface area contributed by atoms with Gasteiger partial charge in [-0.2, -0.15) is 0 Å². The van der Waals surface area contributed by atoms with Gasteiger partial charge in [0.25, 0.3) is 0 Å². The van der Waals surface area contributed by atoms with E-state index < -0.39 is 0 Å². The maximum Gasteiger partial charge on any atom is 0.306 e. The van der Waals surface area contributed by atoms with Gasteiger partial charge in [0.2, 0.25) is 0 Å². The smallest absolute Gasteiger partial charge is 0.306 e. The van der Waals surface area contributed by atoms with Crippen LogP contribution >= 0.6 is 0 Å². The fourth-order valence-electron chi connectivity index (χ4n) is 8.24. The Balaban J connectivity index is 1.76. The highest BCUT2D eigenvalue weighted by Gasteiger charge is 2.34. The van der Waals surface area contributed by atoms with Crippen molar-refractivity contribution in [1.29, 1.82) is 0 Å². The zero-order valence-corrected chi connectivity index (χ0v) is 39.2. The lowest BCUT2D eigenvalue weighted by molar-refractivity contribution is -0.150. The highest BCUT2D eigenvalue weighted by molar-refractivity contribution is 5.69. The summed E-state index contributed by atoms with van der Waals surface area (Å²) in [7, 11) is 0. The Morgan fingerprint density at radius 1 is 0.621 bits per heavy atom. The molecule has 0 bridgehead atoms. The third kappa shape index (κ3) is 21.4. The van der Waals surface area contributed by atoms with Gasteiger partial charge in [-0.3, -0.25) is 4.79 Å². The number of esters is 1. The fourth-order valence-corrected chi connectivity index (χ4v) is 8.24. The van der Waals surface area contributed by atoms with Gasteiger partial charge in [0, 0.05) is 12.8 Å². The first-order chi connectivity index (χ1) is 27.6. The first kappa shape index (κ1) is 50.5. The highest BCUT2D eigenvalue weighted by atomic mass is 16.5. The summed E-state index contributed by atoms with van der Waals surface area (Å²) in [5.41, 5.74) is 10.8. The molecule has 0 aromatic carbocycles. The zero-order valence-electron chi connectivity index (χ0n) is 39.2. The van der Waals surface area contributed by atoms with Crippen molar-refractivity contribution in [3.05, 3.63) is 142 Å². The van der Waals surface area contributed by atoms with Crippen LogP contribution in [-0.4, -0.2) is 12.1 Å². The number of carbonyl (C=O) groups is 1. The van der Waals surface area contributed by atoms with Crippen molar-refractivity contribution >= 4 is 5.97 Å². The topological polar surface area (TPSA) is 26.3 Å². The molecule has 0 saturated carbocycles. The number of allylic oxidation sites excluding steroid dienone is 23. The lowest BCUT2D eigenvalue weighted by atomic mass is 9.71. The van der Waals surface area contributed by atoms with Crippen LogP contribution in [0.2, 0.25) is 0 Å². The maximum absolute atomic E-state index is 12.7. The summed E-state index contributed by atoms with van der Waals surface area (Å²) in [6.07, 6.45) is 54.7. The first-order valence-corrected chi connectivity index (χ1v) is 23.0. The van der Waals surface area contributed by atoms with Crippen molar-refractivity contribution < 1.29 is 9.53 Å². The molecular weight excluding hydrogens is 705 g/mol. The number of hydrogen-bond donors (Lipinski definition) is 0. The monoisotopic (exact) mass is 789 g/mol. The number of unbranched alkanes of at least 4 members (excludes halogenated alkanes) is 9. The molecule has 0 aromatic heterocycles. The number of hydrogen-bond acceptors (Lipinski definition) is 2. The van der Waals surface area contributed by atoms with Gasteiger partial charge in [-0.1, -0.05) is 204 Å². The van der Waals surface area contributed by atoms with Crippen molar-refractivity contribution in [2.75, 3.05) is 0 Å². The second kappa shape index (κ2) is 27.9. The summed E-state index contributed by atoms with van der Waals surface area (Å²) in [6, 6.07) is 0. The second-order valence-electron chi connectivity index (χ2n) is 18.6. The lowest BCUT2D eigenvalue weighted by Crippen LogP contribution is -2.31. The van der Waals surface area contributed by atoms with Gasteiger partial charge in [-0.05, 0) is 121 Å². The maximum atomic E-state index is 12.7. The van der Waals surface area contributed by atoms with Crippen LogP contribution in [0.25, 0.3) is 0 Å². The fraction of sp³-hybridized carbons (Fsp3) is 0.554. The average Bonchev–Trinajstić information content (AvgIpc) is 3.14. The van der Waals surface area contributed by atoms with Gasteiger partial charge in [-0.25, -0.2) is 0 Å². The van der Waals surface area contributed by atoms with E-state index in [1.807, 2.05) is 0 Å². The Labute approximate surface area is 358 Å². The minimum atomic E-state index is -0.0473. The zero-order chi connectivity index (χ0) is 42.8. The summed E-state index contributed by atoms with van der Waals surface area (Å²) in [5.74, 6) is -0.0304. The normalized spacial score (nSPS) is 20.2. The molecule has 0 radical (unpaired) electrons. The molecule has 320 valence electrons. The molecule has 0 aromatic rings. The Hall–Kier alpha value is -3.65. The molecule has 2 aliphatic carbocycles. The molecule has 0 unspecified atom stereocenters. The molecule has 2 rings (SSSR count). The van der Waals surface area contributed by atoms with E-state index in [1.165, 1.54) is 122 Å². The molecule has 0 saturated heterocycles. The third-order valence-corrected chi connectivity index (χ3v) is 11.7. The molecule has 2 heteroatoms. The largest absolute Gasteiger partial charge is 0.462 e. The Bertz CT molecular complexity index is 1640. The number of ether oxygens (including phenoxy) is 1. The molecule has 0 fully saturated rings. The van der Waals surface area contributed by atoms with Crippen LogP contribution in [0.15, 0.2) is 142 Å². The van der Waals surface area contributed by atoms with E-state index in [0.717, 1.165) is 25.7 Å². The Morgan fingerprint density at radius 2 is 1.10 bits per heavy atom. The van der Waals surface area contributed by atoms with Crippen molar-refractivity contribution in [1.82, 2.24) is 0 Å². The SMILES string of the molecule is CCCCCCC=CCCCCCCCC(=O)O[C@@H]1CC(C)=C(C=CC(C)=CC=CC(C)=CC=CC=C(C)C=CC=C(C)C=CC2=C(C)CCCC2(C)C)C(C)(C)C1. The molecular formula is C56H84O2. The standard InChI is InChI=1S/C56H84O2/c1-12-13-14-15-16-17-18-19-20-21-22-23-24-37-54(57)58-51-43-50(7)53(56(10,11)44-51)41-39-48(5)35-28-33-46(3)31-26-25-30-45(2)32-27-34-47(4)38-40-52-49(6)36-29-42-55(52,8)9/h17-18,25-28,30-35,38-41,51H,12-16,19-24,29,36-37,42-44H2,1-11H3/t51-/m1/s1. The Kier molecular flexibility index (Phi) is 24.3. The van der Waals surface area contributed by atoms with E-state index in [4.69, 9.17) is 4.74 Å². The van der Waals surface area contributed by atoms with Crippen LogP contribution in [0.3, 0.4) is 0 Å². The minimum Gasteiger partial charge on any atom is -0.462 e. The van der Waals surface area contributed by atoms with E-state index in [9.17, 15) is 4.79 Å². The van der Waals surface area contributed by atoms with E-state index in [-0.39, 0.29) is 22.9 Å². The molecule has 0 N–H and O–H groups in total. The van der Waals surface area contributed by atoms with Gasteiger partial charge in [0.15, 0.2) is 0 Å². The van der Waals surface area contributed by atoms with Crippen molar-refractivity contribution in [2.45, 2.75) is 191 Å². The summed E-state index contributed by atoms with van der Waals surface area (Å²) in [6.45, 7) is 24.6. The quantitative estimate of drug-likeness (QED) is 0.0421. The predicted octanol–water partition coefficient (Wildman–Crippen LogP) is 17.4. The van der Waals surface area contributed by atoms with Crippen LogP contribution in [-0.2, 0) is 9.53 Å². The van der Waals surface area contributed by atoms with Gasteiger partial charge < -0.3 is 4.74 Å². The summed E-state index contributed by atoms with van der Waals surface area (Å²) >= 11 is 0. The summed E-state index contributed by atoms with van der Waals surface area (Å²) in [4.78, 5) is 12.7. The molecule has 2 nitrogen and oxygen atoms in total.